The number of hydrogen-bond acceptors (Lipinski definition) is 4. The van der Waals surface area contributed by atoms with Crippen LogP contribution in [0, 0.1) is 0 Å². The largest absolute Gasteiger partial charge is 0.392 e. The van der Waals surface area contributed by atoms with Crippen LogP contribution < -0.4 is 0 Å². The fourth-order valence-corrected chi connectivity index (χ4v) is 2.08. The lowest BCUT2D eigenvalue weighted by molar-refractivity contribution is 0.112. The number of sulfone groups is 1. The van der Waals surface area contributed by atoms with Gasteiger partial charge in [-0.25, -0.2) is 8.42 Å². The van der Waals surface area contributed by atoms with Crippen molar-refractivity contribution in [3.05, 3.63) is 29.3 Å². The standard InChI is InChI=1S/C9H10O4S/c1-14(12,13)9-4-7(5-10)2-3-8(9)6-11/h2-5,11H,6H2,1H3. The molecule has 0 aliphatic heterocycles. The number of aldehydes is 1. The third-order valence-electron chi connectivity index (χ3n) is 1.80. The van der Waals surface area contributed by atoms with Crippen molar-refractivity contribution in [1.82, 2.24) is 0 Å². The van der Waals surface area contributed by atoms with E-state index in [1.165, 1.54) is 18.2 Å². The van der Waals surface area contributed by atoms with E-state index in [9.17, 15) is 13.2 Å². The minimum atomic E-state index is -3.40. The molecular formula is C9H10O4S. The van der Waals surface area contributed by atoms with Gasteiger partial charge in [0, 0.05) is 11.8 Å². The molecule has 0 spiro atoms. The van der Waals surface area contributed by atoms with Crippen LogP contribution in [0.25, 0.3) is 0 Å². The molecule has 5 heteroatoms. The highest BCUT2D eigenvalue weighted by Crippen LogP contribution is 2.16. The van der Waals surface area contributed by atoms with Crippen LogP contribution in [0.5, 0.6) is 0 Å². The zero-order valence-corrected chi connectivity index (χ0v) is 8.41. The summed E-state index contributed by atoms with van der Waals surface area (Å²) in [6.07, 6.45) is 1.60. The Kier molecular flexibility index (Phi) is 3.03. The molecule has 1 aromatic rings. The maximum Gasteiger partial charge on any atom is 0.175 e. The molecular weight excluding hydrogens is 204 g/mol. The fourth-order valence-electron chi connectivity index (χ4n) is 1.12. The lowest BCUT2D eigenvalue weighted by Crippen LogP contribution is -2.03. The van der Waals surface area contributed by atoms with Crippen molar-refractivity contribution in [2.24, 2.45) is 0 Å². The first kappa shape index (κ1) is 10.9. The predicted octanol–water partition coefficient (Wildman–Crippen LogP) is 0.395. The van der Waals surface area contributed by atoms with Crippen LogP contribution in [0.1, 0.15) is 15.9 Å². The van der Waals surface area contributed by atoms with Gasteiger partial charge in [0.05, 0.1) is 11.5 Å². The fraction of sp³-hybridized carbons (Fsp3) is 0.222. The Morgan fingerprint density at radius 3 is 2.50 bits per heavy atom. The van der Waals surface area contributed by atoms with E-state index in [1.54, 1.807) is 0 Å². The van der Waals surface area contributed by atoms with Crippen molar-refractivity contribution >= 4 is 16.1 Å². The summed E-state index contributed by atoms with van der Waals surface area (Å²) >= 11 is 0. The Labute approximate surface area is 82.1 Å². The molecule has 0 aromatic heterocycles. The molecule has 0 fully saturated rings. The molecule has 0 radical (unpaired) electrons. The Morgan fingerprint density at radius 2 is 2.07 bits per heavy atom. The number of carbonyl (C=O) groups excluding carboxylic acids is 1. The quantitative estimate of drug-likeness (QED) is 0.739. The Hall–Kier alpha value is -1.20. The minimum absolute atomic E-state index is 0.00426. The van der Waals surface area contributed by atoms with E-state index in [2.05, 4.69) is 0 Å². The van der Waals surface area contributed by atoms with Crippen LogP contribution in [0.15, 0.2) is 23.1 Å². The topological polar surface area (TPSA) is 71.4 Å². The zero-order chi connectivity index (χ0) is 10.8. The van der Waals surface area contributed by atoms with E-state index >= 15 is 0 Å². The summed E-state index contributed by atoms with van der Waals surface area (Å²) in [4.78, 5) is 10.4. The van der Waals surface area contributed by atoms with Gasteiger partial charge in [-0.1, -0.05) is 12.1 Å². The van der Waals surface area contributed by atoms with E-state index in [4.69, 9.17) is 5.11 Å². The van der Waals surface area contributed by atoms with Gasteiger partial charge in [0.2, 0.25) is 0 Å². The van der Waals surface area contributed by atoms with Gasteiger partial charge in [-0.15, -0.1) is 0 Å². The molecule has 14 heavy (non-hydrogen) atoms. The maximum atomic E-state index is 11.3. The molecule has 1 aromatic carbocycles. The number of hydrogen-bond donors (Lipinski definition) is 1. The second-order valence-corrected chi connectivity index (χ2v) is 4.90. The number of rotatable bonds is 3. The van der Waals surface area contributed by atoms with Gasteiger partial charge in [-0.05, 0) is 11.6 Å². The molecule has 76 valence electrons. The van der Waals surface area contributed by atoms with E-state index in [0.717, 1.165) is 6.26 Å². The minimum Gasteiger partial charge on any atom is -0.392 e. The van der Waals surface area contributed by atoms with Crippen molar-refractivity contribution in [1.29, 1.82) is 0 Å². The van der Waals surface area contributed by atoms with Gasteiger partial charge >= 0.3 is 0 Å². The summed E-state index contributed by atoms with van der Waals surface area (Å²) in [6, 6.07) is 4.15. The maximum absolute atomic E-state index is 11.3. The first-order valence-corrected chi connectivity index (χ1v) is 5.77. The van der Waals surface area contributed by atoms with Gasteiger partial charge in [0.1, 0.15) is 6.29 Å². The number of benzene rings is 1. The van der Waals surface area contributed by atoms with Crippen molar-refractivity contribution in [3.63, 3.8) is 0 Å². The number of aliphatic hydroxyl groups is 1. The molecule has 0 unspecified atom stereocenters. The summed E-state index contributed by atoms with van der Waals surface area (Å²) in [7, 11) is -3.40. The van der Waals surface area contributed by atoms with Gasteiger partial charge in [-0.2, -0.15) is 0 Å². The second-order valence-electron chi connectivity index (χ2n) is 2.92. The summed E-state index contributed by atoms with van der Waals surface area (Å²) in [6.45, 7) is -0.360. The predicted molar refractivity (Wildman–Crippen MR) is 50.9 cm³/mol. The third kappa shape index (κ3) is 2.18. The van der Waals surface area contributed by atoms with Crippen LogP contribution in [0.3, 0.4) is 0 Å². The molecule has 0 saturated heterocycles. The summed E-state index contributed by atoms with van der Waals surface area (Å²) in [5.41, 5.74) is 0.584. The summed E-state index contributed by atoms with van der Waals surface area (Å²) in [5.74, 6) is 0. The molecule has 0 heterocycles. The highest BCUT2D eigenvalue weighted by Gasteiger charge is 2.13. The van der Waals surface area contributed by atoms with Crippen molar-refractivity contribution in [2.75, 3.05) is 6.26 Å². The lowest BCUT2D eigenvalue weighted by atomic mass is 10.1. The van der Waals surface area contributed by atoms with Gasteiger partial charge < -0.3 is 5.11 Å². The molecule has 0 aliphatic rings. The molecule has 1 rings (SSSR count). The van der Waals surface area contributed by atoms with Crippen molar-refractivity contribution < 1.29 is 18.3 Å². The average Bonchev–Trinajstić information content (AvgIpc) is 2.15. The van der Waals surface area contributed by atoms with Crippen molar-refractivity contribution in [2.45, 2.75) is 11.5 Å². The van der Waals surface area contributed by atoms with Crippen LogP contribution in [-0.4, -0.2) is 26.1 Å². The molecule has 0 atom stereocenters. The van der Waals surface area contributed by atoms with Crippen LogP contribution in [0.4, 0.5) is 0 Å². The van der Waals surface area contributed by atoms with Crippen LogP contribution in [0.2, 0.25) is 0 Å². The zero-order valence-electron chi connectivity index (χ0n) is 7.60. The smallest absolute Gasteiger partial charge is 0.175 e. The van der Waals surface area contributed by atoms with E-state index in [0.29, 0.717) is 11.8 Å². The monoisotopic (exact) mass is 214 g/mol. The first-order chi connectivity index (χ1) is 6.49. The average molecular weight is 214 g/mol. The Morgan fingerprint density at radius 1 is 1.43 bits per heavy atom. The van der Waals surface area contributed by atoms with Crippen molar-refractivity contribution in [3.8, 4) is 0 Å². The van der Waals surface area contributed by atoms with E-state index in [1.807, 2.05) is 0 Å². The Bertz CT molecular complexity index is 448. The first-order valence-electron chi connectivity index (χ1n) is 3.88. The molecule has 0 bridgehead atoms. The molecule has 0 aliphatic carbocycles. The highest BCUT2D eigenvalue weighted by molar-refractivity contribution is 7.90. The van der Waals surface area contributed by atoms with Gasteiger partial charge in [-0.3, -0.25) is 4.79 Å². The summed E-state index contributed by atoms with van der Waals surface area (Å²) in [5, 5.41) is 8.89. The third-order valence-corrected chi connectivity index (χ3v) is 2.98. The number of aliphatic hydroxyl groups excluding tert-OH is 1. The normalized spacial score (nSPS) is 11.3. The highest BCUT2D eigenvalue weighted by atomic mass is 32.2. The van der Waals surface area contributed by atoms with E-state index in [-0.39, 0.29) is 17.1 Å². The molecule has 4 nitrogen and oxygen atoms in total. The second kappa shape index (κ2) is 3.89. The molecule has 0 amide bonds. The molecule has 0 saturated carbocycles. The Balaban J connectivity index is 3.44. The van der Waals surface area contributed by atoms with Gasteiger partial charge in [0.15, 0.2) is 9.84 Å². The number of carbonyl (C=O) groups is 1. The van der Waals surface area contributed by atoms with Gasteiger partial charge in [0.25, 0.3) is 0 Å². The van der Waals surface area contributed by atoms with Crippen LogP contribution in [-0.2, 0) is 16.4 Å². The van der Waals surface area contributed by atoms with Crippen LogP contribution >= 0.6 is 0 Å². The lowest BCUT2D eigenvalue weighted by Gasteiger charge is -2.05. The summed E-state index contributed by atoms with van der Waals surface area (Å²) < 4.78 is 22.5. The molecule has 1 N–H and O–H groups in total. The SMILES string of the molecule is CS(=O)(=O)c1cc(C=O)ccc1CO. The van der Waals surface area contributed by atoms with E-state index < -0.39 is 9.84 Å².